The quantitative estimate of drug-likeness (QED) is 0.813. The van der Waals surface area contributed by atoms with Crippen LogP contribution in [0.15, 0.2) is 0 Å². The molecule has 2 rings (SSSR count). The van der Waals surface area contributed by atoms with Crippen molar-refractivity contribution in [2.75, 3.05) is 32.7 Å². The molecule has 4 nitrogen and oxygen atoms in total. The lowest BCUT2D eigenvalue weighted by Crippen LogP contribution is -2.50. The van der Waals surface area contributed by atoms with Crippen LogP contribution in [0.3, 0.4) is 0 Å². The molecule has 1 aliphatic carbocycles. The molecule has 0 bridgehead atoms. The predicted octanol–water partition coefficient (Wildman–Crippen LogP) is 0.914. The molecule has 0 aromatic rings. The number of carbonyl (C=O) groups excluding carboxylic acids is 1. The van der Waals surface area contributed by atoms with Gasteiger partial charge in [0, 0.05) is 44.7 Å². The summed E-state index contributed by atoms with van der Waals surface area (Å²) in [7, 11) is 0. The van der Waals surface area contributed by atoms with Crippen LogP contribution < -0.4 is 5.73 Å². The first kappa shape index (κ1) is 13.8. The predicted molar refractivity (Wildman–Crippen MR) is 73.2 cm³/mol. The number of hydrogen-bond donors (Lipinski definition) is 1. The maximum absolute atomic E-state index is 12.3. The zero-order valence-corrected chi connectivity index (χ0v) is 11.8. The number of carbonyl (C=O) groups is 1. The molecule has 1 heterocycles. The van der Waals surface area contributed by atoms with Crippen LogP contribution in [0.2, 0.25) is 0 Å². The lowest BCUT2D eigenvalue weighted by atomic mass is 10.1. The molecular weight excluding hydrogens is 226 g/mol. The van der Waals surface area contributed by atoms with Gasteiger partial charge in [-0.1, -0.05) is 13.8 Å². The van der Waals surface area contributed by atoms with E-state index in [9.17, 15) is 4.79 Å². The number of rotatable bonds is 3. The maximum Gasteiger partial charge on any atom is 0.225 e. The van der Waals surface area contributed by atoms with Crippen molar-refractivity contribution in [2.24, 2.45) is 17.6 Å². The van der Waals surface area contributed by atoms with E-state index < -0.39 is 0 Å². The van der Waals surface area contributed by atoms with E-state index in [2.05, 4.69) is 23.6 Å². The number of nitrogens with two attached hydrogens (primary N) is 1. The molecule has 0 radical (unpaired) electrons. The number of hydrogen-bond acceptors (Lipinski definition) is 3. The third-order valence-electron chi connectivity index (χ3n) is 4.13. The van der Waals surface area contributed by atoms with Gasteiger partial charge in [0.15, 0.2) is 0 Å². The first-order chi connectivity index (χ1) is 8.56. The minimum atomic E-state index is 0.205. The van der Waals surface area contributed by atoms with Crippen LogP contribution in [0.5, 0.6) is 0 Å². The molecule has 1 amide bonds. The van der Waals surface area contributed by atoms with Crippen LogP contribution in [-0.2, 0) is 4.79 Å². The standard InChI is InChI=1S/C14H27N3O/c1-11(2)10-16-5-7-17(8-6-16)14(18)12-3-4-13(15)9-12/h11-13H,3-10,15H2,1-2H3. The second kappa shape index (κ2) is 6.02. The van der Waals surface area contributed by atoms with Crippen molar-refractivity contribution in [3.8, 4) is 0 Å². The van der Waals surface area contributed by atoms with Gasteiger partial charge < -0.3 is 10.6 Å². The topological polar surface area (TPSA) is 49.6 Å². The monoisotopic (exact) mass is 253 g/mol. The van der Waals surface area contributed by atoms with Crippen molar-refractivity contribution in [3.05, 3.63) is 0 Å². The zero-order chi connectivity index (χ0) is 13.1. The van der Waals surface area contributed by atoms with Gasteiger partial charge in [0.1, 0.15) is 0 Å². The first-order valence-electron chi connectivity index (χ1n) is 7.33. The van der Waals surface area contributed by atoms with Crippen LogP contribution in [0, 0.1) is 11.8 Å². The summed E-state index contributed by atoms with van der Waals surface area (Å²) in [6.45, 7) is 9.51. The summed E-state index contributed by atoms with van der Waals surface area (Å²) in [4.78, 5) is 16.8. The molecule has 1 aliphatic heterocycles. The maximum atomic E-state index is 12.3. The Morgan fingerprint density at radius 1 is 1.22 bits per heavy atom. The minimum Gasteiger partial charge on any atom is -0.340 e. The van der Waals surface area contributed by atoms with Gasteiger partial charge in [-0.2, -0.15) is 0 Å². The molecule has 0 spiro atoms. The minimum absolute atomic E-state index is 0.205. The van der Waals surface area contributed by atoms with Crippen LogP contribution in [0.25, 0.3) is 0 Å². The molecule has 2 N–H and O–H groups in total. The van der Waals surface area contributed by atoms with Crippen molar-refractivity contribution in [2.45, 2.75) is 39.2 Å². The lowest BCUT2D eigenvalue weighted by Gasteiger charge is -2.36. The average molecular weight is 253 g/mol. The van der Waals surface area contributed by atoms with Gasteiger partial charge in [0.05, 0.1) is 0 Å². The molecule has 1 saturated heterocycles. The fraction of sp³-hybridized carbons (Fsp3) is 0.929. The van der Waals surface area contributed by atoms with Gasteiger partial charge in [-0.05, 0) is 25.2 Å². The molecule has 104 valence electrons. The van der Waals surface area contributed by atoms with Crippen molar-refractivity contribution in [1.82, 2.24) is 9.80 Å². The molecule has 0 aromatic carbocycles. The Morgan fingerprint density at radius 2 is 1.89 bits per heavy atom. The number of nitrogens with zero attached hydrogens (tertiary/aromatic N) is 2. The Hall–Kier alpha value is -0.610. The van der Waals surface area contributed by atoms with Crippen LogP contribution in [-0.4, -0.2) is 54.5 Å². The Bertz CT molecular complexity index is 285. The smallest absolute Gasteiger partial charge is 0.225 e. The summed E-state index contributed by atoms with van der Waals surface area (Å²) < 4.78 is 0. The molecule has 0 aromatic heterocycles. The van der Waals surface area contributed by atoms with Gasteiger partial charge in [0.25, 0.3) is 0 Å². The summed E-state index contributed by atoms with van der Waals surface area (Å²) in [6.07, 6.45) is 2.90. The SMILES string of the molecule is CC(C)CN1CCN(C(=O)C2CCC(N)C2)CC1. The largest absolute Gasteiger partial charge is 0.340 e. The number of piperazine rings is 1. The van der Waals surface area contributed by atoms with Gasteiger partial charge in [0.2, 0.25) is 5.91 Å². The molecule has 2 atom stereocenters. The lowest BCUT2D eigenvalue weighted by molar-refractivity contribution is -0.137. The van der Waals surface area contributed by atoms with Crippen LogP contribution in [0.4, 0.5) is 0 Å². The van der Waals surface area contributed by atoms with E-state index in [4.69, 9.17) is 5.73 Å². The highest BCUT2D eigenvalue weighted by atomic mass is 16.2. The highest BCUT2D eigenvalue weighted by molar-refractivity contribution is 5.79. The van der Waals surface area contributed by atoms with Crippen molar-refractivity contribution < 1.29 is 4.79 Å². The Labute approximate surface area is 110 Å². The van der Waals surface area contributed by atoms with Crippen LogP contribution >= 0.6 is 0 Å². The van der Waals surface area contributed by atoms with Gasteiger partial charge in [-0.15, -0.1) is 0 Å². The highest BCUT2D eigenvalue weighted by Gasteiger charge is 2.32. The summed E-state index contributed by atoms with van der Waals surface area (Å²) in [6, 6.07) is 0.251. The third-order valence-corrected chi connectivity index (χ3v) is 4.13. The molecule has 2 aliphatic rings. The molecule has 4 heteroatoms. The van der Waals surface area contributed by atoms with E-state index in [0.29, 0.717) is 11.8 Å². The van der Waals surface area contributed by atoms with Crippen molar-refractivity contribution >= 4 is 5.91 Å². The summed E-state index contributed by atoms with van der Waals surface area (Å²) >= 11 is 0. The average Bonchev–Trinajstić information content (AvgIpc) is 2.75. The van der Waals surface area contributed by atoms with Gasteiger partial charge >= 0.3 is 0 Å². The summed E-state index contributed by atoms with van der Waals surface area (Å²) in [5.41, 5.74) is 5.89. The van der Waals surface area contributed by atoms with E-state index in [-0.39, 0.29) is 12.0 Å². The molecule has 1 saturated carbocycles. The van der Waals surface area contributed by atoms with Crippen molar-refractivity contribution in [3.63, 3.8) is 0 Å². The molecule has 2 unspecified atom stereocenters. The van der Waals surface area contributed by atoms with E-state index in [1.165, 1.54) is 0 Å². The van der Waals surface area contributed by atoms with E-state index in [1.807, 2.05) is 0 Å². The second-order valence-electron chi connectivity index (χ2n) is 6.29. The van der Waals surface area contributed by atoms with Gasteiger partial charge in [-0.3, -0.25) is 9.69 Å². The Kier molecular flexibility index (Phi) is 4.62. The molecule has 2 fully saturated rings. The fourth-order valence-electron chi connectivity index (χ4n) is 3.17. The summed E-state index contributed by atoms with van der Waals surface area (Å²) in [5, 5.41) is 0. The van der Waals surface area contributed by atoms with E-state index in [1.54, 1.807) is 0 Å². The molecule has 18 heavy (non-hydrogen) atoms. The first-order valence-corrected chi connectivity index (χ1v) is 7.33. The van der Waals surface area contributed by atoms with E-state index >= 15 is 0 Å². The normalized spacial score (nSPS) is 30.1. The highest BCUT2D eigenvalue weighted by Crippen LogP contribution is 2.26. The fourth-order valence-corrected chi connectivity index (χ4v) is 3.17. The number of amides is 1. The van der Waals surface area contributed by atoms with Gasteiger partial charge in [-0.25, -0.2) is 0 Å². The van der Waals surface area contributed by atoms with E-state index in [0.717, 1.165) is 52.0 Å². The third kappa shape index (κ3) is 3.45. The van der Waals surface area contributed by atoms with Crippen LogP contribution in [0.1, 0.15) is 33.1 Å². The Balaban J connectivity index is 1.77. The Morgan fingerprint density at radius 3 is 2.39 bits per heavy atom. The van der Waals surface area contributed by atoms with Crippen molar-refractivity contribution in [1.29, 1.82) is 0 Å². The zero-order valence-electron chi connectivity index (χ0n) is 11.8. The molecular formula is C14H27N3O. The second-order valence-corrected chi connectivity index (χ2v) is 6.29. The summed E-state index contributed by atoms with van der Waals surface area (Å²) in [5.74, 6) is 1.27.